The Hall–Kier alpha value is -1.84. The van der Waals surface area contributed by atoms with Crippen molar-refractivity contribution in [3.63, 3.8) is 0 Å². The van der Waals surface area contributed by atoms with Crippen LogP contribution in [0.1, 0.15) is 28.8 Å². The molecule has 0 N–H and O–H groups in total. The van der Waals surface area contributed by atoms with Gasteiger partial charge in [0.25, 0.3) is 0 Å². The monoisotopic (exact) mass is 218 g/mol. The second-order valence-corrected chi connectivity index (χ2v) is 3.60. The molecule has 0 aliphatic carbocycles. The maximum absolute atomic E-state index is 11.7. The van der Waals surface area contributed by atoms with Crippen LogP contribution in [0.3, 0.4) is 0 Å². The molecule has 0 radical (unpaired) electrons. The summed E-state index contributed by atoms with van der Waals surface area (Å²) in [5, 5.41) is 0. The first-order valence-electron chi connectivity index (χ1n) is 5.24. The molecule has 4 nitrogen and oxygen atoms in total. The highest BCUT2D eigenvalue weighted by Gasteiger charge is 2.18. The van der Waals surface area contributed by atoms with Gasteiger partial charge in [-0.2, -0.15) is 0 Å². The van der Waals surface area contributed by atoms with E-state index in [-0.39, 0.29) is 5.97 Å². The van der Waals surface area contributed by atoms with Gasteiger partial charge in [0.05, 0.1) is 12.8 Å². The fourth-order valence-electron chi connectivity index (χ4n) is 1.89. The molecule has 2 aromatic rings. The van der Waals surface area contributed by atoms with Crippen molar-refractivity contribution in [1.82, 2.24) is 9.38 Å². The predicted octanol–water partition coefficient (Wildman–Crippen LogP) is 1.99. The van der Waals surface area contributed by atoms with Gasteiger partial charge in [0.15, 0.2) is 5.69 Å². The van der Waals surface area contributed by atoms with Gasteiger partial charge in [0.1, 0.15) is 5.65 Å². The Morgan fingerprint density at radius 2 is 2.25 bits per heavy atom. The number of aromatic nitrogens is 2. The van der Waals surface area contributed by atoms with Crippen LogP contribution in [0.2, 0.25) is 0 Å². The van der Waals surface area contributed by atoms with E-state index in [1.165, 1.54) is 7.11 Å². The van der Waals surface area contributed by atoms with Crippen LogP contribution in [-0.2, 0) is 11.2 Å². The summed E-state index contributed by atoms with van der Waals surface area (Å²) in [6.07, 6.45) is 0.844. The van der Waals surface area contributed by atoms with E-state index in [9.17, 15) is 4.79 Å². The Bertz CT molecular complexity index is 543. The molecule has 0 aromatic carbocycles. The highest BCUT2D eigenvalue weighted by atomic mass is 16.5. The van der Waals surface area contributed by atoms with Gasteiger partial charge < -0.3 is 4.74 Å². The van der Waals surface area contributed by atoms with Gasteiger partial charge in [0.2, 0.25) is 0 Å². The van der Waals surface area contributed by atoms with Crippen molar-refractivity contribution >= 4 is 11.6 Å². The number of imidazole rings is 1. The number of aryl methyl sites for hydroxylation is 2. The molecule has 0 amide bonds. The van der Waals surface area contributed by atoms with Gasteiger partial charge >= 0.3 is 5.97 Å². The SMILES string of the molecule is CCc1cccc2nc(C)c(C(=O)OC)n12. The van der Waals surface area contributed by atoms with E-state index in [1.54, 1.807) is 0 Å². The second kappa shape index (κ2) is 3.96. The van der Waals surface area contributed by atoms with Crippen LogP contribution in [0.5, 0.6) is 0 Å². The summed E-state index contributed by atoms with van der Waals surface area (Å²) in [6.45, 7) is 3.86. The molecular formula is C12H14N2O2. The van der Waals surface area contributed by atoms with Gasteiger partial charge in [0, 0.05) is 5.69 Å². The molecule has 84 valence electrons. The molecule has 2 aromatic heterocycles. The van der Waals surface area contributed by atoms with E-state index in [2.05, 4.69) is 4.98 Å². The zero-order chi connectivity index (χ0) is 11.7. The third-order valence-electron chi connectivity index (χ3n) is 2.64. The summed E-state index contributed by atoms with van der Waals surface area (Å²) in [7, 11) is 1.38. The number of hydrogen-bond donors (Lipinski definition) is 0. The number of methoxy groups -OCH3 is 1. The van der Waals surface area contributed by atoms with Gasteiger partial charge in [-0.1, -0.05) is 13.0 Å². The molecule has 0 saturated heterocycles. The molecule has 0 bridgehead atoms. The van der Waals surface area contributed by atoms with Crippen molar-refractivity contribution in [2.24, 2.45) is 0 Å². The van der Waals surface area contributed by atoms with Crippen LogP contribution < -0.4 is 0 Å². The molecule has 4 heteroatoms. The fraction of sp³-hybridized carbons (Fsp3) is 0.333. The molecule has 0 saturated carbocycles. The van der Waals surface area contributed by atoms with E-state index >= 15 is 0 Å². The molecule has 0 aliphatic heterocycles. The fourth-order valence-corrected chi connectivity index (χ4v) is 1.89. The summed E-state index contributed by atoms with van der Waals surface area (Å²) in [6, 6.07) is 5.82. The summed E-state index contributed by atoms with van der Waals surface area (Å²) >= 11 is 0. The average molecular weight is 218 g/mol. The van der Waals surface area contributed by atoms with Crippen molar-refractivity contribution in [2.45, 2.75) is 20.3 Å². The lowest BCUT2D eigenvalue weighted by Crippen LogP contribution is -2.09. The number of ether oxygens (including phenoxy) is 1. The molecule has 0 aliphatic rings. The van der Waals surface area contributed by atoms with Gasteiger partial charge in [-0.25, -0.2) is 9.78 Å². The Morgan fingerprint density at radius 3 is 2.88 bits per heavy atom. The topological polar surface area (TPSA) is 43.6 Å². The Morgan fingerprint density at radius 1 is 1.50 bits per heavy atom. The van der Waals surface area contributed by atoms with Crippen molar-refractivity contribution in [1.29, 1.82) is 0 Å². The van der Waals surface area contributed by atoms with Crippen molar-refractivity contribution in [2.75, 3.05) is 7.11 Å². The minimum atomic E-state index is -0.342. The Kier molecular flexibility index (Phi) is 2.64. The highest BCUT2D eigenvalue weighted by molar-refractivity contribution is 5.90. The second-order valence-electron chi connectivity index (χ2n) is 3.60. The maximum atomic E-state index is 11.7. The molecule has 0 unspecified atom stereocenters. The number of hydrogen-bond acceptors (Lipinski definition) is 3. The van der Waals surface area contributed by atoms with E-state index in [4.69, 9.17) is 4.74 Å². The van der Waals surface area contributed by atoms with Crippen molar-refractivity contribution in [3.8, 4) is 0 Å². The van der Waals surface area contributed by atoms with Crippen LogP contribution >= 0.6 is 0 Å². The Balaban J connectivity index is 2.80. The lowest BCUT2D eigenvalue weighted by Gasteiger charge is -2.05. The van der Waals surface area contributed by atoms with E-state index in [1.807, 2.05) is 36.4 Å². The Labute approximate surface area is 93.9 Å². The number of carbonyl (C=O) groups is 1. The third-order valence-corrected chi connectivity index (χ3v) is 2.64. The zero-order valence-electron chi connectivity index (χ0n) is 9.65. The minimum Gasteiger partial charge on any atom is -0.464 e. The van der Waals surface area contributed by atoms with E-state index in [0.717, 1.165) is 17.8 Å². The summed E-state index contributed by atoms with van der Waals surface area (Å²) in [4.78, 5) is 16.0. The summed E-state index contributed by atoms with van der Waals surface area (Å²) in [5.41, 5.74) is 3.07. The van der Waals surface area contributed by atoms with Gasteiger partial charge in [-0.15, -0.1) is 0 Å². The molecule has 0 spiro atoms. The lowest BCUT2D eigenvalue weighted by atomic mass is 10.2. The largest absolute Gasteiger partial charge is 0.464 e. The minimum absolute atomic E-state index is 0.342. The number of rotatable bonds is 2. The van der Waals surface area contributed by atoms with Crippen molar-refractivity contribution in [3.05, 3.63) is 35.3 Å². The van der Waals surface area contributed by atoms with Crippen molar-refractivity contribution < 1.29 is 9.53 Å². The van der Waals surface area contributed by atoms with Crippen LogP contribution in [-0.4, -0.2) is 22.5 Å². The quantitative estimate of drug-likeness (QED) is 0.724. The standard InChI is InChI=1S/C12H14N2O2/c1-4-9-6-5-7-10-13-8(2)11(14(9)10)12(15)16-3/h5-7H,4H2,1-3H3. The first kappa shape index (κ1) is 10.7. The smallest absolute Gasteiger partial charge is 0.356 e. The van der Waals surface area contributed by atoms with E-state index < -0.39 is 0 Å². The maximum Gasteiger partial charge on any atom is 0.356 e. The van der Waals surface area contributed by atoms with Gasteiger partial charge in [-0.05, 0) is 25.5 Å². The number of pyridine rings is 1. The highest BCUT2D eigenvalue weighted by Crippen LogP contribution is 2.16. The number of fused-ring (bicyclic) bond motifs is 1. The average Bonchev–Trinajstić information content (AvgIpc) is 2.63. The first-order valence-corrected chi connectivity index (χ1v) is 5.24. The number of carbonyl (C=O) groups excluding carboxylic acids is 1. The number of esters is 1. The third kappa shape index (κ3) is 1.46. The molecule has 0 fully saturated rings. The number of nitrogens with zero attached hydrogens (tertiary/aromatic N) is 2. The summed E-state index contributed by atoms with van der Waals surface area (Å²) < 4.78 is 6.65. The predicted molar refractivity (Wildman–Crippen MR) is 60.6 cm³/mol. The molecule has 2 rings (SSSR count). The lowest BCUT2D eigenvalue weighted by molar-refractivity contribution is 0.0591. The van der Waals surface area contributed by atoms with E-state index in [0.29, 0.717) is 11.4 Å². The first-order chi connectivity index (χ1) is 7.69. The van der Waals surface area contributed by atoms with Crippen LogP contribution in [0.4, 0.5) is 0 Å². The van der Waals surface area contributed by atoms with Crippen LogP contribution in [0, 0.1) is 6.92 Å². The molecule has 2 heterocycles. The zero-order valence-corrected chi connectivity index (χ0v) is 9.65. The molecular weight excluding hydrogens is 204 g/mol. The molecule has 0 atom stereocenters. The van der Waals surface area contributed by atoms with Crippen LogP contribution in [0.25, 0.3) is 5.65 Å². The summed E-state index contributed by atoms with van der Waals surface area (Å²) in [5.74, 6) is -0.342. The normalized spacial score (nSPS) is 10.7. The van der Waals surface area contributed by atoms with Crippen LogP contribution in [0.15, 0.2) is 18.2 Å². The molecule has 16 heavy (non-hydrogen) atoms. The van der Waals surface area contributed by atoms with Gasteiger partial charge in [-0.3, -0.25) is 4.40 Å².